The first-order valence-electron chi connectivity index (χ1n) is 5.15. The zero-order chi connectivity index (χ0) is 11.8. The van der Waals surface area contributed by atoms with Crippen LogP contribution in [0.2, 0.25) is 0 Å². The Kier molecular flexibility index (Phi) is 2.04. The highest BCUT2D eigenvalue weighted by molar-refractivity contribution is 6.07. The lowest BCUT2D eigenvalue weighted by Gasteiger charge is -1.89. The SMILES string of the molecule is Cc1ccc2oc(C(=O)c3cn[nH]n3)cc2c1. The fourth-order valence-corrected chi connectivity index (χ4v) is 1.71. The summed E-state index contributed by atoms with van der Waals surface area (Å²) < 4.78 is 5.48. The van der Waals surface area contributed by atoms with E-state index in [2.05, 4.69) is 15.4 Å². The van der Waals surface area contributed by atoms with Gasteiger partial charge in [0.25, 0.3) is 0 Å². The summed E-state index contributed by atoms with van der Waals surface area (Å²) in [4.78, 5) is 11.9. The van der Waals surface area contributed by atoms with Crippen molar-refractivity contribution < 1.29 is 9.21 Å². The van der Waals surface area contributed by atoms with Crippen LogP contribution in [0.3, 0.4) is 0 Å². The molecule has 0 atom stereocenters. The molecule has 84 valence electrons. The summed E-state index contributed by atoms with van der Waals surface area (Å²) in [6.07, 6.45) is 1.38. The quantitative estimate of drug-likeness (QED) is 0.680. The van der Waals surface area contributed by atoms with E-state index < -0.39 is 0 Å². The van der Waals surface area contributed by atoms with E-state index >= 15 is 0 Å². The Morgan fingerprint density at radius 1 is 1.35 bits per heavy atom. The maximum atomic E-state index is 11.9. The Bertz CT molecular complexity index is 683. The molecule has 17 heavy (non-hydrogen) atoms. The molecule has 0 radical (unpaired) electrons. The lowest BCUT2D eigenvalue weighted by Crippen LogP contribution is -1.99. The van der Waals surface area contributed by atoms with E-state index in [9.17, 15) is 4.79 Å². The molecule has 0 unspecified atom stereocenters. The number of H-pyrrole nitrogens is 1. The van der Waals surface area contributed by atoms with E-state index in [1.165, 1.54) is 6.20 Å². The van der Waals surface area contributed by atoms with Crippen molar-refractivity contribution in [3.8, 4) is 0 Å². The topological polar surface area (TPSA) is 71.8 Å². The average Bonchev–Trinajstić information content (AvgIpc) is 2.96. The summed E-state index contributed by atoms with van der Waals surface area (Å²) >= 11 is 0. The number of aromatic amines is 1. The molecule has 5 heteroatoms. The van der Waals surface area contributed by atoms with Gasteiger partial charge < -0.3 is 4.42 Å². The van der Waals surface area contributed by atoms with Crippen molar-refractivity contribution in [1.29, 1.82) is 0 Å². The second-order valence-electron chi connectivity index (χ2n) is 3.84. The number of aryl methyl sites for hydroxylation is 1. The summed E-state index contributed by atoms with van der Waals surface area (Å²) in [5, 5.41) is 10.6. The Labute approximate surface area is 96.4 Å². The maximum absolute atomic E-state index is 11.9. The van der Waals surface area contributed by atoms with Gasteiger partial charge in [-0.3, -0.25) is 4.79 Å². The third kappa shape index (κ3) is 1.61. The van der Waals surface area contributed by atoms with Gasteiger partial charge in [-0.1, -0.05) is 11.6 Å². The highest BCUT2D eigenvalue weighted by Crippen LogP contribution is 2.21. The Hall–Kier alpha value is -2.43. The molecule has 0 bridgehead atoms. The van der Waals surface area contributed by atoms with Crippen molar-refractivity contribution in [3.63, 3.8) is 0 Å². The smallest absolute Gasteiger partial charge is 0.250 e. The van der Waals surface area contributed by atoms with Crippen LogP contribution in [0.5, 0.6) is 0 Å². The molecule has 0 saturated carbocycles. The fourth-order valence-electron chi connectivity index (χ4n) is 1.71. The standard InChI is InChI=1S/C12H9N3O2/c1-7-2-3-10-8(4-7)5-11(17-10)12(16)9-6-13-15-14-9/h2-6H,1H3,(H,13,14,15). The van der Waals surface area contributed by atoms with Crippen molar-refractivity contribution in [2.24, 2.45) is 0 Å². The molecule has 0 aliphatic rings. The molecule has 0 saturated heterocycles. The van der Waals surface area contributed by atoms with Gasteiger partial charge in [0.1, 0.15) is 5.58 Å². The third-order valence-corrected chi connectivity index (χ3v) is 2.54. The minimum atomic E-state index is -0.271. The van der Waals surface area contributed by atoms with Crippen molar-refractivity contribution in [2.75, 3.05) is 0 Å². The zero-order valence-electron chi connectivity index (χ0n) is 9.10. The summed E-state index contributed by atoms with van der Waals surface area (Å²) in [6.45, 7) is 1.99. The molecule has 1 aromatic carbocycles. The molecule has 5 nitrogen and oxygen atoms in total. The van der Waals surface area contributed by atoms with Gasteiger partial charge in [0.05, 0.1) is 6.20 Å². The molecule has 0 aliphatic carbocycles. The molecular weight excluding hydrogens is 218 g/mol. The number of nitrogens with one attached hydrogen (secondary N) is 1. The van der Waals surface area contributed by atoms with Crippen molar-refractivity contribution in [1.82, 2.24) is 15.4 Å². The predicted molar refractivity (Wildman–Crippen MR) is 60.8 cm³/mol. The van der Waals surface area contributed by atoms with Gasteiger partial charge in [-0.15, -0.1) is 0 Å². The van der Waals surface area contributed by atoms with Crippen LogP contribution in [-0.2, 0) is 0 Å². The second kappa shape index (κ2) is 3.55. The van der Waals surface area contributed by atoms with Gasteiger partial charge in [-0.05, 0) is 25.1 Å². The maximum Gasteiger partial charge on any atom is 0.250 e. The molecule has 3 aromatic rings. The van der Waals surface area contributed by atoms with Gasteiger partial charge in [0.2, 0.25) is 5.78 Å². The van der Waals surface area contributed by atoms with Crippen LogP contribution in [0.1, 0.15) is 21.8 Å². The average molecular weight is 227 g/mol. The van der Waals surface area contributed by atoms with Gasteiger partial charge in [0.15, 0.2) is 11.5 Å². The highest BCUT2D eigenvalue weighted by Gasteiger charge is 2.16. The second-order valence-corrected chi connectivity index (χ2v) is 3.84. The number of aromatic nitrogens is 3. The number of furan rings is 1. The third-order valence-electron chi connectivity index (χ3n) is 2.54. The number of nitrogens with zero attached hydrogens (tertiary/aromatic N) is 2. The molecular formula is C12H9N3O2. The van der Waals surface area contributed by atoms with Crippen LogP contribution in [0.25, 0.3) is 11.0 Å². The van der Waals surface area contributed by atoms with E-state index in [1.54, 1.807) is 6.07 Å². The predicted octanol–water partition coefficient (Wildman–Crippen LogP) is 2.09. The Morgan fingerprint density at radius 2 is 2.24 bits per heavy atom. The Morgan fingerprint density at radius 3 is 3.00 bits per heavy atom. The van der Waals surface area contributed by atoms with E-state index in [1.807, 2.05) is 25.1 Å². The van der Waals surface area contributed by atoms with E-state index in [0.29, 0.717) is 5.58 Å². The molecule has 2 heterocycles. The van der Waals surface area contributed by atoms with Crippen LogP contribution in [0.4, 0.5) is 0 Å². The van der Waals surface area contributed by atoms with Crippen LogP contribution in [0, 0.1) is 6.92 Å². The van der Waals surface area contributed by atoms with Gasteiger partial charge in [-0.2, -0.15) is 15.4 Å². The molecule has 0 amide bonds. The number of ketones is 1. The number of hydrogen-bond acceptors (Lipinski definition) is 4. The minimum Gasteiger partial charge on any atom is -0.453 e. The first-order valence-corrected chi connectivity index (χ1v) is 5.15. The van der Waals surface area contributed by atoms with Gasteiger partial charge in [0, 0.05) is 5.39 Å². The first kappa shape index (κ1) is 9.77. The lowest BCUT2D eigenvalue weighted by atomic mass is 10.1. The van der Waals surface area contributed by atoms with Crippen LogP contribution < -0.4 is 0 Å². The molecule has 1 N–H and O–H groups in total. The van der Waals surface area contributed by atoms with Crippen molar-refractivity contribution >= 4 is 16.8 Å². The molecule has 0 spiro atoms. The Balaban J connectivity index is 2.09. The summed E-state index contributed by atoms with van der Waals surface area (Å²) in [5.41, 5.74) is 2.07. The number of carbonyl (C=O) groups excluding carboxylic acids is 1. The van der Waals surface area contributed by atoms with Crippen LogP contribution >= 0.6 is 0 Å². The molecule has 0 aliphatic heterocycles. The molecule has 2 aromatic heterocycles. The molecule has 0 fully saturated rings. The summed E-state index contributed by atoms with van der Waals surface area (Å²) in [7, 11) is 0. The number of fused-ring (bicyclic) bond motifs is 1. The van der Waals surface area contributed by atoms with E-state index in [0.717, 1.165) is 10.9 Å². The summed E-state index contributed by atoms with van der Waals surface area (Å²) in [5.74, 6) is 0.00658. The van der Waals surface area contributed by atoms with E-state index in [-0.39, 0.29) is 17.2 Å². The zero-order valence-corrected chi connectivity index (χ0v) is 9.10. The van der Waals surface area contributed by atoms with Gasteiger partial charge >= 0.3 is 0 Å². The normalized spacial score (nSPS) is 10.9. The monoisotopic (exact) mass is 227 g/mol. The van der Waals surface area contributed by atoms with Crippen LogP contribution in [-0.4, -0.2) is 21.2 Å². The lowest BCUT2D eigenvalue weighted by molar-refractivity contribution is 0.101. The highest BCUT2D eigenvalue weighted by atomic mass is 16.3. The number of carbonyl (C=O) groups is 1. The summed E-state index contributed by atoms with van der Waals surface area (Å²) in [6, 6.07) is 7.48. The number of benzene rings is 1. The first-order chi connectivity index (χ1) is 8.24. The number of rotatable bonds is 2. The van der Waals surface area contributed by atoms with Crippen molar-refractivity contribution in [2.45, 2.75) is 6.92 Å². The van der Waals surface area contributed by atoms with Crippen LogP contribution in [0.15, 0.2) is 34.9 Å². The largest absolute Gasteiger partial charge is 0.453 e. The minimum absolute atomic E-state index is 0.251. The van der Waals surface area contributed by atoms with Crippen molar-refractivity contribution in [3.05, 3.63) is 47.5 Å². The fraction of sp³-hybridized carbons (Fsp3) is 0.0833. The van der Waals surface area contributed by atoms with Gasteiger partial charge in [-0.25, -0.2) is 0 Å². The number of hydrogen-bond donors (Lipinski definition) is 1. The molecule has 3 rings (SSSR count). The van der Waals surface area contributed by atoms with E-state index in [4.69, 9.17) is 4.42 Å².